The van der Waals surface area contributed by atoms with Gasteiger partial charge in [-0.05, 0) is 62.2 Å². The Bertz CT molecular complexity index is 1370. The van der Waals surface area contributed by atoms with Gasteiger partial charge in [0.05, 0.1) is 5.39 Å². The maximum absolute atomic E-state index is 5.99. The van der Waals surface area contributed by atoms with Crippen molar-refractivity contribution in [2.75, 3.05) is 0 Å². The largest absolute Gasteiger partial charge is 0.485 e. The van der Waals surface area contributed by atoms with Crippen LogP contribution < -0.4 is 4.74 Å². The van der Waals surface area contributed by atoms with Gasteiger partial charge in [0.25, 0.3) is 0 Å². The average molecular weight is 425 g/mol. The van der Waals surface area contributed by atoms with E-state index >= 15 is 0 Å². The number of furan rings is 1. The molecule has 146 valence electrons. The molecule has 0 bridgehead atoms. The second kappa shape index (κ2) is 6.86. The molecule has 0 amide bonds. The lowest BCUT2D eigenvalue weighted by Gasteiger charge is -2.07. The van der Waals surface area contributed by atoms with E-state index < -0.39 is 0 Å². The first-order chi connectivity index (χ1) is 14.0. The lowest BCUT2D eigenvalue weighted by Crippen LogP contribution is -1.95. The Morgan fingerprint density at radius 2 is 2.03 bits per heavy atom. The summed E-state index contributed by atoms with van der Waals surface area (Å²) >= 11 is 7.66. The van der Waals surface area contributed by atoms with Crippen LogP contribution in [0.1, 0.15) is 21.8 Å². The van der Waals surface area contributed by atoms with E-state index in [-0.39, 0.29) is 0 Å². The molecule has 1 aromatic carbocycles. The monoisotopic (exact) mass is 424 g/mol. The number of hydrogen-bond acceptors (Lipinski definition) is 6. The maximum atomic E-state index is 5.99. The smallest absolute Gasteiger partial charge is 0.217 e. The van der Waals surface area contributed by atoms with Gasteiger partial charge in [-0.15, -0.1) is 16.4 Å². The van der Waals surface area contributed by atoms with Crippen molar-refractivity contribution in [3.63, 3.8) is 0 Å². The Kier molecular flexibility index (Phi) is 4.29. The predicted octanol–water partition coefficient (Wildman–Crippen LogP) is 5.76. The van der Waals surface area contributed by atoms with Gasteiger partial charge in [-0.1, -0.05) is 11.6 Å². The molecule has 0 aliphatic heterocycles. The second-order valence-electron chi connectivity index (χ2n) is 6.88. The molecular formula is C21H17ClN4O2S. The van der Waals surface area contributed by atoms with Gasteiger partial charge in [-0.3, -0.25) is 0 Å². The third kappa shape index (κ3) is 3.16. The molecule has 0 N–H and O–H groups in total. The van der Waals surface area contributed by atoms with E-state index in [2.05, 4.69) is 23.9 Å². The molecule has 0 saturated heterocycles. The lowest BCUT2D eigenvalue weighted by atomic mass is 10.2. The highest BCUT2D eigenvalue weighted by Gasteiger charge is 2.17. The number of aromatic nitrogens is 4. The number of nitrogens with zero attached hydrogens (tertiary/aromatic N) is 4. The molecule has 0 aliphatic carbocycles. The summed E-state index contributed by atoms with van der Waals surface area (Å²) in [6.45, 7) is 6.45. The van der Waals surface area contributed by atoms with E-state index in [1.54, 1.807) is 28.2 Å². The van der Waals surface area contributed by atoms with Gasteiger partial charge in [0.2, 0.25) is 5.82 Å². The summed E-state index contributed by atoms with van der Waals surface area (Å²) in [7, 11) is 0. The van der Waals surface area contributed by atoms with Gasteiger partial charge in [0, 0.05) is 9.90 Å². The van der Waals surface area contributed by atoms with Gasteiger partial charge in [0.15, 0.2) is 11.4 Å². The summed E-state index contributed by atoms with van der Waals surface area (Å²) in [5.74, 6) is 2.59. The van der Waals surface area contributed by atoms with Crippen LogP contribution in [-0.4, -0.2) is 19.6 Å². The molecule has 0 unspecified atom stereocenters. The molecule has 0 atom stereocenters. The Morgan fingerprint density at radius 3 is 2.86 bits per heavy atom. The van der Waals surface area contributed by atoms with E-state index in [0.29, 0.717) is 29.0 Å². The predicted molar refractivity (Wildman–Crippen MR) is 114 cm³/mol. The van der Waals surface area contributed by atoms with Crippen molar-refractivity contribution in [3.05, 3.63) is 63.4 Å². The maximum Gasteiger partial charge on any atom is 0.217 e. The van der Waals surface area contributed by atoms with Crippen molar-refractivity contribution >= 4 is 38.8 Å². The van der Waals surface area contributed by atoms with Crippen molar-refractivity contribution in [1.29, 1.82) is 0 Å². The number of rotatable bonds is 4. The zero-order valence-electron chi connectivity index (χ0n) is 16.1. The Balaban J connectivity index is 1.44. The number of halogens is 1. The van der Waals surface area contributed by atoms with Crippen LogP contribution in [0.5, 0.6) is 5.75 Å². The number of benzene rings is 1. The first kappa shape index (κ1) is 18.1. The molecule has 29 heavy (non-hydrogen) atoms. The molecule has 5 aromatic rings. The summed E-state index contributed by atoms with van der Waals surface area (Å²) in [5.41, 5.74) is 2.95. The Hall–Kier alpha value is -2.90. The molecule has 0 aliphatic rings. The minimum absolute atomic E-state index is 0.310. The average Bonchev–Trinajstić information content (AvgIpc) is 3.39. The fourth-order valence-electron chi connectivity index (χ4n) is 3.25. The zero-order valence-corrected chi connectivity index (χ0v) is 17.6. The van der Waals surface area contributed by atoms with E-state index in [4.69, 9.17) is 25.7 Å². The highest BCUT2D eigenvalue weighted by Crippen LogP contribution is 2.32. The third-order valence-corrected chi connectivity index (χ3v) is 6.25. The normalized spacial score (nSPS) is 11.6. The van der Waals surface area contributed by atoms with Gasteiger partial charge in [-0.2, -0.15) is 0 Å². The number of ether oxygens (including phenoxy) is 1. The standard InChI is InChI=1S/C21H17ClN4O2S/c1-11-8-14(22)4-6-16(11)27-9-15-5-7-17(28-15)19-24-20-18-12(2)13(3)29-21(18)23-10-26(20)25-19/h4-8,10H,9H2,1-3H3. The third-order valence-electron chi connectivity index (χ3n) is 4.89. The summed E-state index contributed by atoms with van der Waals surface area (Å²) in [6, 6.07) is 9.27. The topological polar surface area (TPSA) is 65.5 Å². The van der Waals surface area contributed by atoms with Crippen molar-refractivity contribution in [3.8, 4) is 17.3 Å². The quantitative estimate of drug-likeness (QED) is 0.367. The number of fused-ring (bicyclic) bond motifs is 3. The molecule has 5 rings (SSSR count). The molecule has 0 radical (unpaired) electrons. The van der Waals surface area contributed by atoms with Crippen molar-refractivity contribution in [1.82, 2.24) is 19.6 Å². The SMILES string of the molecule is Cc1cc(Cl)ccc1OCc1ccc(-c2nc3c4c(C)c(C)sc4ncn3n2)o1. The molecular weight excluding hydrogens is 408 g/mol. The molecule has 0 saturated carbocycles. The molecule has 0 spiro atoms. The number of hydrogen-bond donors (Lipinski definition) is 0. The van der Waals surface area contributed by atoms with E-state index in [9.17, 15) is 0 Å². The van der Waals surface area contributed by atoms with Crippen LogP contribution in [0.4, 0.5) is 0 Å². The summed E-state index contributed by atoms with van der Waals surface area (Å²) in [4.78, 5) is 11.4. The summed E-state index contributed by atoms with van der Waals surface area (Å²) in [5, 5.41) is 6.27. The fourth-order valence-corrected chi connectivity index (χ4v) is 4.47. The minimum atomic E-state index is 0.310. The minimum Gasteiger partial charge on any atom is -0.485 e. The highest BCUT2D eigenvalue weighted by molar-refractivity contribution is 7.18. The molecule has 8 heteroatoms. The molecule has 0 fully saturated rings. The second-order valence-corrected chi connectivity index (χ2v) is 8.52. The fraction of sp³-hybridized carbons (Fsp3) is 0.190. The van der Waals surface area contributed by atoms with Crippen molar-refractivity contribution < 1.29 is 9.15 Å². The first-order valence-corrected chi connectivity index (χ1v) is 10.3. The van der Waals surface area contributed by atoms with Gasteiger partial charge in [-0.25, -0.2) is 14.5 Å². The van der Waals surface area contributed by atoms with Gasteiger partial charge >= 0.3 is 0 Å². The van der Waals surface area contributed by atoms with E-state index in [1.807, 2.05) is 31.2 Å². The van der Waals surface area contributed by atoms with Crippen LogP contribution in [0.25, 0.3) is 27.4 Å². The number of aryl methyl sites for hydroxylation is 3. The molecule has 4 aromatic heterocycles. The summed E-state index contributed by atoms with van der Waals surface area (Å²) < 4.78 is 13.5. The van der Waals surface area contributed by atoms with Crippen molar-refractivity contribution in [2.24, 2.45) is 0 Å². The molecule has 6 nitrogen and oxygen atoms in total. The van der Waals surface area contributed by atoms with Gasteiger partial charge < -0.3 is 9.15 Å². The zero-order chi connectivity index (χ0) is 20.1. The highest BCUT2D eigenvalue weighted by atomic mass is 35.5. The van der Waals surface area contributed by atoms with Crippen LogP contribution in [0, 0.1) is 20.8 Å². The van der Waals surface area contributed by atoms with Crippen LogP contribution >= 0.6 is 22.9 Å². The van der Waals surface area contributed by atoms with Crippen molar-refractivity contribution in [2.45, 2.75) is 27.4 Å². The van der Waals surface area contributed by atoms with E-state index in [0.717, 1.165) is 27.2 Å². The van der Waals surface area contributed by atoms with Crippen LogP contribution in [0.2, 0.25) is 5.02 Å². The Morgan fingerprint density at radius 1 is 1.17 bits per heavy atom. The first-order valence-electron chi connectivity index (χ1n) is 9.08. The van der Waals surface area contributed by atoms with Crippen LogP contribution in [0.15, 0.2) is 41.1 Å². The number of thiophene rings is 1. The lowest BCUT2D eigenvalue weighted by molar-refractivity contribution is 0.270. The van der Waals surface area contributed by atoms with Crippen LogP contribution in [-0.2, 0) is 6.61 Å². The van der Waals surface area contributed by atoms with Gasteiger partial charge in [0.1, 0.15) is 29.3 Å². The van der Waals surface area contributed by atoms with Crippen LogP contribution in [0.3, 0.4) is 0 Å². The van der Waals surface area contributed by atoms with E-state index in [1.165, 1.54) is 10.4 Å². The molecule has 4 heterocycles. The summed E-state index contributed by atoms with van der Waals surface area (Å²) in [6.07, 6.45) is 1.69. The Labute approximate surface area is 175 Å².